The Morgan fingerprint density at radius 2 is 2.58 bits per heavy atom. The highest BCUT2D eigenvalue weighted by Crippen LogP contribution is 2.28. The van der Waals surface area contributed by atoms with Crippen LogP contribution in [-0.2, 0) is 14.3 Å². The number of esters is 1. The molecule has 0 N–H and O–H groups in total. The molecule has 1 saturated heterocycles. The van der Waals surface area contributed by atoms with Crippen molar-refractivity contribution in [1.29, 1.82) is 0 Å². The van der Waals surface area contributed by atoms with E-state index in [1.54, 1.807) is 0 Å². The summed E-state index contributed by atoms with van der Waals surface area (Å²) in [6, 6.07) is 0. The van der Waals surface area contributed by atoms with Gasteiger partial charge in [0.15, 0.2) is 0 Å². The predicted octanol–water partition coefficient (Wildman–Crippen LogP) is 1.48. The Balaban J connectivity index is 2.48. The van der Waals surface area contributed by atoms with E-state index < -0.39 is 12.3 Å². The Kier molecular flexibility index (Phi) is 3.11. The molecule has 0 spiro atoms. The topological polar surface area (TPSA) is 35.5 Å². The molecule has 0 aromatic heterocycles. The minimum atomic E-state index is -0.562. The molecule has 3 nitrogen and oxygen atoms in total. The number of ether oxygens (including phenoxy) is 2. The van der Waals surface area contributed by atoms with Crippen molar-refractivity contribution in [2.75, 3.05) is 0 Å². The van der Waals surface area contributed by atoms with Gasteiger partial charge in [-0.15, -0.1) is 0 Å². The number of hydrogen-bond donors (Lipinski definition) is 0. The Hall–Kier alpha value is -0.550. The first-order valence-electron chi connectivity index (χ1n) is 3.34. The van der Waals surface area contributed by atoms with Crippen LogP contribution in [0, 0.1) is 0 Å². The molecule has 0 radical (unpaired) electrons. The minimum Gasteiger partial charge on any atom is -0.437 e. The standard InChI is InChI=1S/C7H8O3S2/c1-3-5(8)9-6-4(2)12-7(11)10-6/h3-4,6H,1H2,2H3. The maximum Gasteiger partial charge on any atom is 0.333 e. The molecule has 0 aliphatic carbocycles. The lowest BCUT2D eigenvalue weighted by molar-refractivity contribution is -0.156. The predicted molar refractivity (Wildman–Crippen MR) is 50.8 cm³/mol. The van der Waals surface area contributed by atoms with E-state index in [4.69, 9.17) is 21.7 Å². The van der Waals surface area contributed by atoms with Crippen LogP contribution < -0.4 is 0 Å². The van der Waals surface area contributed by atoms with Crippen LogP contribution in [0.4, 0.5) is 0 Å². The second-order valence-electron chi connectivity index (χ2n) is 2.20. The first-order valence-corrected chi connectivity index (χ1v) is 4.62. The Labute approximate surface area is 80.1 Å². The molecule has 0 aromatic rings. The average Bonchev–Trinajstić information content (AvgIpc) is 2.30. The van der Waals surface area contributed by atoms with Gasteiger partial charge in [-0.05, 0) is 19.1 Å². The van der Waals surface area contributed by atoms with Crippen molar-refractivity contribution >= 4 is 34.3 Å². The van der Waals surface area contributed by atoms with Crippen molar-refractivity contribution in [3.05, 3.63) is 12.7 Å². The van der Waals surface area contributed by atoms with Crippen molar-refractivity contribution < 1.29 is 14.3 Å². The number of carbonyl (C=O) groups excluding carboxylic acids is 1. The van der Waals surface area contributed by atoms with Crippen molar-refractivity contribution in [3.63, 3.8) is 0 Å². The Morgan fingerprint density at radius 1 is 1.92 bits per heavy atom. The van der Waals surface area contributed by atoms with Crippen molar-refractivity contribution in [3.8, 4) is 0 Å². The molecule has 5 heteroatoms. The Bertz CT molecular complexity index is 227. The monoisotopic (exact) mass is 204 g/mol. The molecule has 0 bridgehead atoms. The third kappa shape index (κ3) is 2.22. The molecule has 1 heterocycles. The van der Waals surface area contributed by atoms with E-state index in [0.29, 0.717) is 4.38 Å². The molecule has 1 rings (SSSR count). The van der Waals surface area contributed by atoms with Gasteiger partial charge in [-0.3, -0.25) is 0 Å². The van der Waals surface area contributed by atoms with Crippen molar-refractivity contribution in [2.24, 2.45) is 0 Å². The van der Waals surface area contributed by atoms with Crippen LogP contribution in [0.25, 0.3) is 0 Å². The normalized spacial score (nSPS) is 27.9. The third-order valence-electron chi connectivity index (χ3n) is 1.28. The van der Waals surface area contributed by atoms with Gasteiger partial charge in [-0.1, -0.05) is 18.3 Å². The molecule has 12 heavy (non-hydrogen) atoms. The van der Waals surface area contributed by atoms with Crippen molar-refractivity contribution in [2.45, 2.75) is 18.5 Å². The summed E-state index contributed by atoms with van der Waals surface area (Å²) in [4.78, 5) is 10.7. The summed E-state index contributed by atoms with van der Waals surface area (Å²) in [7, 11) is 0. The van der Waals surface area contributed by atoms with Gasteiger partial charge in [-0.25, -0.2) is 4.79 Å². The van der Waals surface area contributed by atoms with E-state index in [9.17, 15) is 4.79 Å². The van der Waals surface area contributed by atoms with Crippen LogP contribution >= 0.6 is 24.0 Å². The highest BCUT2D eigenvalue weighted by Gasteiger charge is 2.32. The van der Waals surface area contributed by atoms with E-state index >= 15 is 0 Å². The van der Waals surface area contributed by atoms with E-state index in [-0.39, 0.29) is 5.25 Å². The quantitative estimate of drug-likeness (QED) is 0.387. The zero-order chi connectivity index (χ0) is 9.14. The fourth-order valence-corrected chi connectivity index (χ4v) is 1.93. The molecule has 0 saturated carbocycles. The lowest BCUT2D eigenvalue weighted by atomic mass is 10.4. The first-order chi connectivity index (χ1) is 5.63. The molecule has 2 unspecified atom stereocenters. The smallest absolute Gasteiger partial charge is 0.333 e. The largest absolute Gasteiger partial charge is 0.437 e. The zero-order valence-corrected chi connectivity index (χ0v) is 8.11. The van der Waals surface area contributed by atoms with Gasteiger partial charge in [-0.2, -0.15) is 0 Å². The summed E-state index contributed by atoms with van der Waals surface area (Å²) >= 11 is 6.16. The number of rotatable bonds is 2. The van der Waals surface area contributed by atoms with E-state index in [1.807, 2.05) is 6.92 Å². The summed E-state index contributed by atoms with van der Waals surface area (Å²) in [6.07, 6.45) is 0.537. The van der Waals surface area contributed by atoms with E-state index in [1.165, 1.54) is 11.8 Å². The van der Waals surface area contributed by atoms with Gasteiger partial charge in [0.2, 0.25) is 4.38 Å². The molecule has 1 fully saturated rings. The van der Waals surface area contributed by atoms with Crippen LogP contribution in [0.15, 0.2) is 12.7 Å². The molecular weight excluding hydrogens is 196 g/mol. The van der Waals surface area contributed by atoms with Crippen LogP contribution in [0.2, 0.25) is 0 Å². The SMILES string of the molecule is C=CC(=O)OC1OC(=S)SC1C. The van der Waals surface area contributed by atoms with Crippen LogP contribution in [0.3, 0.4) is 0 Å². The summed E-state index contributed by atoms with van der Waals surface area (Å²) < 4.78 is 10.3. The van der Waals surface area contributed by atoms with Gasteiger partial charge in [0.1, 0.15) is 0 Å². The number of thiocarbonyl (C=S) groups is 1. The van der Waals surface area contributed by atoms with Gasteiger partial charge in [0, 0.05) is 6.08 Å². The lowest BCUT2D eigenvalue weighted by Gasteiger charge is -2.12. The van der Waals surface area contributed by atoms with Crippen LogP contribution in [0.1, 0.15) is 6.92 Å². The first kappa shape index (κ1) is 9.54. The molecule has 1 aliphatic rings. The molecular formula is C7H8O3S2. The average molecular weight is 204 g/mol. The van der Waals surface area contributed by atoms with Gasteiger partial charge >= 0.3 is 5.97 Å². The van der Waals surface area contributed by atoms with Gasteiger partial charge in [0.05, 0.1) is 5.25 Å². The fraction of sp³-hybridized carbons (Fsp3) is 0.429. The summed E-state index contributed by atoms with van der Waals surface area (Å²) in [5, 5.41) is 0.0569. The highest BCUT2D eigenvalue weighted by atomic mass is 32.2. The van der Waals surface area contributed by atoms with Crippen LogP contribution in [-0.4, -0.2) is 21.9 Å². The number of carbonyl (C=O) groups is 1. The maximum absolute atomic E-state index is 10.7. The van der Waals surface area contributed by atoms with E-state index in [2.05, 4.69) is 6.58 Å². The number of thioether (sulfide) groups is 1. The molecule has 2 atom stereocenters. The Morgan fingerprint density at radius 3 is 3.00 bits per heavy atom. The lowest BCUT2D eigenvalue weighted by Crippen LogP contribution is -2.23. The van der Waals surface area contributed by atoms with Gasteiger partial charge in [0.25, 0.3) is 6.29 Å². The fourth-order valence-electron chi connectivity index (χ4n) is 0.708. The number of hydrogen-bond acceptors (Lipinski definition) is 5. The zero-order valence-electron chi connectivity index (χ0n) is 6.48. The maximum atomic E-state index is 10.7. The van der Waals surface area contributed by atoms with Crippen molar-refractivity contribution in [1.82, 2.24) is 0 Å². The molecule has 1 aliphatic heterocycles. The molecule has 66 valence electrons. The summed E-state index contributed by atoms with van der Waals surface area (Å²) in [5.74, 6) is -0.489. The van der Waals surface area contributed by atoms with Crippen LogP contribution in [0.5, 0.6) is 0 Å². The highest BCUT2D eigenvalue weighted by molar-refractivity contribution is 8.23. The second-order valence-corrected chi connectivity index (χ2v) is 4.18. The summed E-state index contributed by atoms with van der Waals surface area (Å²) in [5.41, 5.74) is 0. The third-order valence-corrected chi connectivity index (χ3v) is 2.54. The molecule has 0 aromatic carbocycles. The van der Waals surface area contributed by atoms with Gasteiger partial charge < -0.3 is 9.47 Å². The molecule has 0 amide bonds. The second kappa shape index (κ2) is 3.91. The minimum absolute atomic E-state index is 0.0569. The van der Waals surface area contributed by atoms with E-state index in [0.717, 1.165) is 6.08 Å². The summed E-state index contributed by atoms with van der Waals surface area (Å²) in [6.45, 7) is 5.16.